The molecule has 6 heteroatoms. The molecule has 0 amide bonds. The molecule has 0 saturated heterocycles. The van der Waals surface area contributed by atoms with Crippen molar-refractivity contribution in [2.45, 2.75) is 354 Å². The molecule has 0 aliphatic heterocycles. The zero-order valence-corrected chi connectivity index (χ0v) is 47.3. The average molecular weight is 986 g/mol. The fourth-order valence-corrected chi connectivity index (χ4v) is 9.42. The predicted octanol–water partition coefficient (Wildman–Crippen LogP) is 21.1. The summed E-state index contributed by atoms with van der Waals surface area (Å²) in [5.41, 5.74) is 0. The van der Waals surface area contributed by atoms with E-state index in [1.165, 1.54) is 244 Å². The average Bonchev–Trinajstić information content (AvgIpc) is 3.36. The number of unbranched alkanes of at least 4 members (excludes halogenated alkanes) is 43. The van der Waals surface area contributed by atoms with Crippen LogP contribution in [0.15, 0.2) is 24.3 Å². The van der Waals surface area contributed by atoms with Crippen molar-refractivity contribution in [1.29, 1.82) is 0 Å². The van der Waals surface area contributed by atoms with Crippen LogP contribution in [0.4, 0.5) is 0 Å². The van der Waals surface area contributed by atoms with E-state index >= 15 is 0 Å². The maximum atomic E-state index is 12.9. The molecular formula is C64H120O6. The van der Waals surface area contributed by atoms with E-state index in [0.29, 0.717) is 19.3 Å². The monoisotopic (exact) mass is 985 g/mol. The van der Waals surface area contributed by atoms with Crippen molar-refractivity contribution < 1.29 is 28.6 Å². The van der Waals surface area contributed by atoms with E-state index in [1.54, 1.807) is 0 Å². The van der Waals surface area contributed by atoms with E-state index in [-0.39, 0.29) is 31.1 Å². The quantitative estimate of drug-likeness (QED) is 0.0261. The molecular weight excluding hydrogens is 865 g/mol. The Morgan fingerprint density at radius 2 is 0.486 bits per heavy atom. The molecule has 70 heavy (non-hydrogen) atoms. The second-order valence-corrected chi connectivity index (χ2v) is 21.3. The van der Waals surface area contributed by atoms with E-state index in [1.807, 2.05) is 0 Å². The van der Waals surface area contributed by atoms with Gasteiger partial charge in [0.1, 0.15) is 13.2 Å². The summed E-state index contributed by atoms with van der Waals surface area (Å²) in [4.78, 5) is 38.2. The zero-order valence-electron chi connectivity index (χ0n) is 47.3. The molecule has 0 fully saturated rings. The van der Waals surface area contributed by atoms with Crippen molar-refractivity contribution in [2.24, 2.45) is 0 Å². The molecule has 0 aromatic heterocycles. The Kier molecular flexibility index (Phi) is 57.7. The van der Waals surface area contributed by atoms with E-state index in [0.717, 1.165) is 64.2 Å². The van der Waals surface area contributed by atoms with Gasteiger partial charge in [0.15, 0.2) is 6.10 Å². The second-order valence-electron chi connectivity index (χ2n) is 21.3. The van der Waals surface area contributed by atoms with Crippen LogP contribution in [0.3, 0.4) is 0 Å². The first-order valence-electron chi connectivity index (χ1n) is 31.3. The van der Waals surface area contributed by atoms with Crippen LogP contribution in [0.1, 0.15) is 348 Å². The van der Waals surface area contributed by atoms with Crippen molar-refractivity contribution >= 4 is 17.9 Å². The van der Waals surface area contributed by atoms with Gasteiger partial charge in [0.2, 0.25) is 0 Å². The van der Waals surface area contributed by atoms with Crippen molar-refractivity contribution in [1.82, 2.24) is 0 Å². The molecule has 0 saturated carbocycles. The lowest BCUT2D eigenvalue weighted by Gasteiger charge is -2.18. The molecule has 0 N–H and O–H groups in total. The van der Waals surface area contributed by atoms with Gasteiger partial charge in [0.25, 0.3) is 0 Å². The van der Waals surface area contributed by atoms with Crippen LogP contribution in [0, 0.1) is 0 Å². The number of carbonyl (C=O) groups is 3. The molecule has 0 aliphatic rings. The minimum atomic E-state index is -0.771. The first-order chi connectivity index (χ1) is 34.5. The fourth-order valence-electron chi connectivity index (χ4n) is 9.42. The van der Waals surface area contributed by atoms with Crippen LogP contribution in [0.5, 0.6) is 0 Å². The van der Waals surface area contributed by atoms with Gasteiger partial charge >= 0.3 is 17.9 Å². The Balaban J connectivity index is 4.22. The summed E-state index contributed by atoms with van der Waals surface area (Å²) in [5, 5.41) is 0. The van der Waals surface area contributed by atoms with Crippen LogP contribution >= 0.6 is 0 Å². The van der Waals surface area contributed by atoms with Crippen LogP contribution in [-0.4, -0.2) is 37.2 Å². The van der Waals surface area contributed by atoms with Crippen LogP contribution < -0.4 is 0 Å². The summed E-state index contributed by atoms with van der Waals surface area (Å²) < 4.78 is 16.9. The van der Waals surface area contributed by atoms with Crippen LogP contribution in [0.2, 0.25) is 0 Å². The van der Waals surface area contributed by atoms with Crippen LogP contribution in [0.25, 0.3) is 0 Å². The molecule has 0 heterocycles. The summed E-state index contributed by atoms with van der Waals surface area (Å²) >= 11 is 0. The minimum Gasteiger partial charge on any atom is -0.462 e. The van der Waals surface area contributed by atoms with Gasteiger partial charge < -0.3 is 14.2 Å². The SMILES string of the molecule is CCCC/C=C\CCCCCCCC(=O)OCC(COC(=O)CCCCCCCCCCCCC/C=C\CCCCCCCCCC)OC(=O)CCCCCCCCCCCCCCCCCCCC. The highest BCUT2D eigenvalue weighted by Crippen LogP contribution is 2.17. The number of allylic oxidation sites excluding steroid dienone is 4. The van der Waals surface area contributed by atoms with E-state index in [4.69, 9.17) is 14.2 Å². The Morgan fingerprint density at radius 1 is 0.271 bits per heavy atom. The number of hydrogen-bond donors (Lipinski definition) is 0. The summed E-state index contributed by atoms with van der Waals surface area (Å²) in [7, 11) is 0. The number of ether oxygens (including phenoxy) is 3. The maximum Gasteiger partial charge on any atom is 0.306 e. The third kappa shape index (κ3) is 56.8. The lowest BCUT2D eigenvalue weighted by atomic mass is 10.0. The van der Waals surface area contributed by atoms with Gasteiger partial charge in [-0.25, -0.2) is 0 Å². The summed E-state index contributed by atoms with van der Waals surface area (Å²) in [6.07, 6.45) is 70.4. The largest absolute Gasteiger partial charge is 0.462 e. The van der Waals surface area contributed by atoms with Gasteiger partial charge in [0.05, 0.1) is 0 Å². The number of carbonyl (C=O) groups excluding carboxylic acids is 3. The molecule has 0 aliphatic carbocycles. The Bertz CT molecular complexity index is 1130. The highest BCUT2D eigenvalue weighted by Gasteiger charge is 2.19. The zero-order chi connectivity index (χ0) is 50.7. The molecule has 1 atom stereocenters. The third-order valence-electron chi connectivity index (χ3n) is 14.2. The fraction of sp³-hybridized carbons (Fsp3) is 0.891. The number of esters is 3. The van der Waals surface area contributed by atoms with Gasteiger partial charge in [-0.3, -0.25) is 14.4 Å². The van der Waals surface area contributed by atoms with Gasteiger partial charge in [-0.1, -0.05) is 289 Å². The molecule has 412 valence electrons. The van der Waals surface area contributed by atoms with E-state index in [2.05, 4.69) is 45.1 Å². The Labute approximate surface area is 436 Å². The summed E-state index contributed by atoms with van der Waals surface area (Å²) in [5.74, 6) is -0.857. The molecule has 0 radical (unpaired) electrons. The highest BCUT2D eigenvalue weighted by molar-refractivity contribution is 5.71. The van der Waals surface area contributed by atoms with Gasteiger partial charge in [0, 0.05) is 19.3 Å². The minimum absolute atomic E-state index is 0.0695. The normalized spacial score (nSPS) is 12.1. The second kappa shape index (κ2) is 59.5. The molecule has 0 bridgehead atoms. The van der Waals surface area contributed by atoms with E-state index < -0.39 is 6.10 Å². The predicted molar refractivity (Wildman–Crippen MR) is 303 cm³/mol. The first kappa shape index (κ1) is 67.9. The van der Waals surface area contributed by atoms with Gasteiger partial charge in [-0.2, -0.15) is 0 Å². The molecule has 0 aromatic carbocycles. The molecule has 6 nitrogen and oxygen atoms in total. The Hall–Kier alpha value is -2.11. The smallest absolute Gasteiger partial charge is 0.306 e. The number of rotatable bonds is 58. The van der Waals surface area contributed by atoms with Crippen LogP contribution in [-0.2, 0) is 28.6 Å². The lowest BCUT2D eigenvalue weighted by Crippen LogP contribution is -2.30. The van der Waals surface area contributed by atoms with Crippen molar-refractivity contribution in [3.05, 3.63) is 24.3 Å². The molecule has 0 spiro atoms. The maximum absolute atomic E-state index is 12.9. The van der Waals surface area contributed by atoms with Gasteiger partial charge in [-0.05, 0) is 64.2 Å². The van der Waals surface area contributed by atoms with Crippen molar-refractivity contribution in [3.63, 3.8) is 0 Å². The van der Waals surface area contributed by atoms with Crippen molar-refractivity contribution in [2.75, 3.05) is 13.2 Å². The lowest BCUT2D eigenvalue weighted by molar-refractivity contribution is -0.167. The molecule has 0 rings (SSSR count). The summed E-state index contributed by atoms with van der Waals surface area (Å²) in [6.45, 7) is 6.65. The number of hydrogen-bond acceptors (Lipinski definition) is 6. The Morgan fingerprint density at radius 3 is 0.757 bits per heavy atom. The van der Waals surface area contributed by atoms with Crippen molar-refractivity contribution in [3.8, 4) is 0 Å². The third-order valence-corrected chi connectivity index (χ3v) is 14.2. The topological polar surface area (TPSA) is 78.9 Å². The standard InChI is InChI=1S/C64H120O6/c1-4-7-10-13-16-19-22-24-26-28-30-31-32-33-34-36-37-39-42-45-48-51-54-57-63(66)69-60-61(59-68-62(65)56-53-50-47-44-41-21-18-15-12-9-6-3)70-64(67)58-55-52-49-46-43-40-38-35-29-27-25-23-20-17-14-11-8-5-2/h15,18,28,30,61H,4-14,16-17,19-27,29,31-60H2,1-3H3/b18-15-,30-28-. The molecule has 1 unspecified atom stereocenters. The van der Waals surface area contributed by atoms with E-state index in [9.17, 15) is 14.4 Å². The summed E-state index contributed by atoms with van der Waals surface area (Å²) in [6, 6.07) is 0. The first-order valence-corrected chi connectivity index (χ1v) is 31.3. The van der Waals surface area contributed by atoms with Gasteiger partial charge in [-0.15, -0.1) is 0 Å². The molecule has 0 aromatic rings. The highest BCUT2D eigenvalue weighted by atomic mass is 16.6.